The van der Waals surface area contributed by atoms with Crippen LogP contribution < -0.4 is 15.6 Å². The zero-order valence-corrected chi connectivity index (χ0v) is 19.9. The Hall–Kier alpha value is -2.16. The third-order valence-corrected chi connectivity index (χ3v) is 5.61. The van der Waals surface area contributed by atoms with Crippen molar-refractivity contribution in [3.63, 3.8) is 0 Å². The topological polar surface area (TPSA) is 81.6 Å². The molecule has 1 amide bonds. The number of carbonyl (C=O) groups is 1. The van der Waals surface area contributed by atoms with Gasteiger partial charge in [-0.1, -0.05) is 26.0 Å². The van der Waals surface area contributed by atoms with Crippen molar-refractivity contribution in [3.8, 4) is 5.75 Å². The molecule has 1 saturated carbocycles. The molecule has 0 unspecified atom stereocenters. The number of hydrogen-bond acceptors (Lipinski definition) is 5. The van der Waals surface area contributed by atoms with Crippen LogP contribution in [0.3, 0.4) is 0 Å². The molecule has 0 aliphatic heterocycles. The van der Waals surface area contributed by atoms with Crippen molar-refractivity contribution < 1.29 is 18.3 Å². The highest BCUT2D eigenvalue weighted by atomic mass is 32.2. The average Bonchev–Trinajstić information content (AvgIpc) is 3.54. The highest BCUT2D eigenvalue weighted by Crippen LogP contribution is 2.45. The van der Waals surface area contributed by atoms with Gasteiger partial charge in [0.05, 0.1) is 6.42 Å². The van der Waals surface area contributed by atoms with E-state index in [2.05, 4.69) is 35.9 Å². The smallest absolute Gasteiger partial charge is 0.387 e. The Morgan fingerprint density at radius 2 is 1.81 bits per heavy atom. The summed E-state index contributed by atoms with van der Waals surface area (Å²) >= 11 is 1.28. The summed E-state index contributed by atoms with van der Waals surface area (Å²) in [5.41, 5.74) is 9.32. The molecule has 32 heavy (non-hydrogen) atoms. The Balaban J connectivity index is 0.000000258. The molecule has 1 fully saturated rings. The minimum atomic E-state index is -2.84. The van der Waals surface area contributed by atoms with E-state index in [-0.39, 0.29) is 18.1 Å². The third-order valence-electron chi connectivity index (χ3n) is 5.07. The Labute approximate surface area is 193 Å². The van der Waals surface area contributed by atoms with Gasteiger partial charge in [0, 0.05) is 11.4 Å². The number of primary amides is 1. The highest BCUT2D eigenvalue weighted by Gasteiger charge is 2.29. The number of alkyl halides is 2. The number of benzene rings is 2. The monoisotopic (exact) mass is 465 g/mol. The molecular formula is C24H33F2N3O2S. The maximum Gasteiger partial charge on any atom is 0.387 e. The van der Waals surface area contributed by atoms with E-state index in [9.17, 15) is 13.6 Å². The van der Waals surface area contributed by atoms with Crippen LogP contribution in [0, 0.1) is 0 Å². The van der Waals surface area contributed by atoms with Crippen molar-refractivity contribution in [1.82, 2.24) is 4.90 Å². The van der Waals surface area contributed by atoms with E-state index < -0.39 is 12.5 Å². The number of hydrogen-bond donors (Lipinski definition) is 2. The van der Waals surface area contributed by atoms with Crippen LogP contribution in [0.5, 0.6) is 5.75 Å². The zero-order chi connectivity index (χ0) is 23.8. The van der Waals surface area contributed by atoms with E-state index in [0.29, 0.717) is 5.92 Å². The molecule has 0 radical (unpaired) electrons. The van der Waals surface area contributed by atoms with E-state index in [0.717, 1.165) is 41.0 Å². The second kappa shape index (κ2) is 12.2. The molecule has 2 aromatic carbocycles. The number of nitrogens with zero attached hydrogens (tertiary/aromatic N) is 1. The molecule has 0 heterocycles. The second-order valence-corrected chi connectivity index (χ2v) is 9.24. The molecule has 1 aliphatic rings. The number of ether oxygens (including phenoxy) is 1. The summed E-state index contributed by atoms with van der Waals surface area (Å²) in [6.07, 6.45) is 2.18. The van der Waals surface area contributed by atoms with Gasteiger partial charge in [-0.2, -0.15) is 8.78 Å². The van der Waals surface area contributed by atoms with Gasteiger partial charge in [0.2, 0.25) is 5.91 Å². The zero-order valence-electron chi connectivity index (χ0n) is 19.1. The molecule has 2 aromatic rings. The van der Waals surface area contributed by atoms with E-state index in [4.69, 9.17) is 10.9 Å². The van der Waals surface area contributed by atoms with Crippen LogP contribution in [0.4, 0.5) is 8.78 Å². The van der Waals surface area contributed by atoms with Crippen LogP contribution in [0.2, 0.25) is 0 Å². The molecule has 0 saturated heterocycles. The van der Waals surface area contributed by atoms with E-state index in [1.807, 2.05) is 26.0 Å². The molecule has 1 aliphatic carbocycles. The number of amides is 1. The van der Waals surface area contributed by atoms with Gasteiger partial charge in [0.15, 0.2) is 0 Å². The van der Waals surface area contributed by atoms with Gasteiger partial charge in [-0.25, -0.2) is 0 Å². The number of carbonyl (C=O) groups excluding carboxylic acids is 1. The normalized spacial score (nSPS) is 13.3. The molecule has 176 valence electrons. The summed E-state index contributed by atoms with van der Waals surface area (Å²) in [5, 5.41) is 5.41. The quantitative estimate of drug-likeness (QED) is 0.508. The molecule has 3 rings (SSSR count). The Morgan fingerprint density at radius 1 is 1.19 bits per heavy atom. The van der Waals surface area contributed by atoms with Crippen LogP contribution in [0.1, 0.15) is 60.8 Å². The first-order valence-corrected chi connectivity index (χ1v) is 11.5. The average molecular weight is 466 g/mol. The summed E-state index contributed by atoms with van der Waals surface area (Å²) < 4.78 is 29.4. The van der Waals surface area contributed by atoms with Crippen LogP contribution in [0.15, 0.2) is 41.3 Å². The molecule has 0 atom stereocenters. The minimum Gasteiger partial charge on any atom is -0.435 e. The molecule has 5 nitrogen and oxygen atoms in total. The SMILES string of the molecule is CC(C)c1cc(OC(F)F)cc(C2CC2)c1CC(N)=O.CN(C)Cc1ccc(SN)cc1. The van der Waals surface area contributed by atoms with Crippen LogP contribution >= 0.6 is 11.9 Å². The Kier molecular flexibility index (Phi) is 9.93. The minimum absolute atomic E-state index is 0.114. The standard InChI is InChI=1S/C15H19F2NO2.C9H14N2S/c1-8(2)11-5-10(20-15(16)17)6-12(9-3-4-9)13(11)7-14(18)19;1-11(2)7-8-3-5-9(12-10)6-4-8/h5-6,8-9,15H,3-4,7H2,1-2H3,(H2,18,19);3-6H,7,10H2,1-2H3. The summed E-state index contributed by atoms with van der Waals surface area (Å²) in [5.74, 6) is 0.210. The van der Waals surface area contributed by atoms with E-state index >= 15 is 0 Å². The summed E-state index contributed by atoms with van der Waals surface area (Å²) in [6, 6.07) is 11.5. The first kappa shape index (κ1) is 26.1. The number of halogens is 2. The fourth-order valence-corrected chi connectivity index (χ4v) is 3.84. The lowest BCUT2D eigenvalue weighted by Gasteiger charge is -2.19. The van der Waals surface area contributed by atoms with Crippen molar-refractivity contribution >= 4 is 17.9 Å². The van der Waals surface area contributed by atoms with Crippen molar-refractivity contribution in [1.29, 1.82) is 0 Å². The predicted octanol–water partition coefficient (Wildman–Crippen LogP) is 5.03. The van der Waals surface area contributed by atoms with Gasteiger partial charge >= 0.3 is 6.61 Å². The summed E-state index contributed by atoms with van der Waals surface area (Å²) in [6.45, 7) is 2.06. The molecule has 0 aromatic heterocycles. The lowest BCUT2D eigenvalue weighted by molar-refractivity contribution is -0.117. The largest absolute Gasteiger partial charge is 0.435 e. The van der Waals surface area contributed by atoms with Gasteiger partial charge in [-0.15, -0.1) is 0 Å². The maximum atomic E-state index is 12.4. The van der Waals surface area contributed by atoms with Gasteiger partial charge in [-0.05, 0) is 97.2 Å². The second-order valence-electron chi connectivity index (χ2n) is 8.53. The van der Waals surface area contributed by atoms with E-state index in [1.54, 1.807) is 12.1 Å². The third kappa shape index (κ3) is 8.41. The van der Waals surface area contributed by atoms with Crippen LogP contribution in [-0.2, 0) is 17.8 Å². The van der Waals surface area contributed by atoms with Crippen LogP contribution in [-0.4, -0.2) is 31.5 Å². The van der Waals surface area contributed by atoms with Gasteiger partial charge < -0.3 is 15.4 Å². The first-order chi connectivity index (χ1) is 15.1. The molecule has 8 heteroatoms. The van der Waals surface area contributed by atoms with Crippen LogP contribution in [0.25, 0.3) is 0 Å². The molecule has 0 spiro atoms. The van der Waals surface area contributed by atoms with Gasteiger partial charge in [0.25, 0.3) is 0 Å². The van der Waals surface area contributed by atoms with Crippen molar-refractivity contribution in [2.24, 2.45) is 10.9 Å². The van der Waals surface area contributed by atoms with Crippen molar-refractivity contribution in [2.45, 2.75) is 63.0 Å². The van der Waals surface area contributed by atoms with E-state index in [1.165, 1.54) is 17.5 Å². The predicted molar refractivity (Wildman–Crippen MR) is 126 cm³/mol. The highest BCUT2D eigenvalue weighted by molar-refractivity contribution is 7.97. The molecule has 0 bridgehead atoms. The fourth-order valence-electron chi connectivity index (χ4n) is 3.55. The lowest BCUT2D eigenvalue weighted by Crippen LogP contribution is -2.17. The van der Waals surface area contributed by atoms with Crippen molar-refractivity contribution in [2.75, 3.05) is 14.1 Å². The number of nitrogens with two attached hydrogens (primary N) is 2. The Bertz CT molecular complexity index is 862. The lowest BCUT2D eigenvalue weighted by atomic mass is 9.89. The fraction of sp³-hybridized carbons (Fsp3) is 0.458. The Morgan fingerprint density at radius 3 is 2.25 bits per heavy atom. The van der Waals surface area contributed by atoms with Crippen molar-refractivity contribution in [3.05, 3.63) is 58.7 Å². The molecular weight excluding hydrogens is 432 g/mol. The van der Waals surface area contributed by atoms with Gasteiger partial charge in [-0.3, -0.25) is 9.93 Å². The molecule has 4 N–H and O–H groups in total. The first-order valence-electron chi connectivity index (χ1n) is 10.6. The number of rotatable bonds is 9. The maximum absolute atomic E-state index is 12.4. The summed E-state index contributed by atoms with van der Waals surface area (Å²) in [4.78, 5) is 14.5. The van der Waals surface area contributed by atoms with Gasteiger partial charge in [0.1, 0.15) is 5.75 Å². The summed E-state index contributed by atoms with van der Waals surface area (Å²) in [7, 11) is 4.12.